The maximum atomic E-state index is 12.6. The number of ether oxygens (including phenoxy) is 1. The lowest BCUT2D eigenvalue weighted by Crippen LogP contribution is -2.41. The lowest BCUT2D eigenvalue weighted by molar-refractivity contribution is 0.190. The number of likely N-dealkylation sites (tertiary alicyclic amines) is 1. The van der Waals surface area contributed by atoms with Crippen LogP contribution in [-0.4, -0.2) is 47.5 Å². The molecule has 5 rings (SSSR count). The molecule has 0 bridgehead atoms. The highest BCUT2D eigenvalue weighted by molar-refractivity contribution is 6.32. The van der Waals surface area contributed by atoms with Gasteiger partial charge in [0.1, 0.15) is 5.75 Å². The molecule has 8 heteroatoms. The van der Waals surface area contributed by atoms with Crippen molar-refractivity contribution in [2.75, 3.05) is 32.1 Å². The molecule has 1 aromatic heterocycles. The van der Waals surface area contributed by atoms with Crippen LogP contribution in [0.15, 0.2) is 54.7 Å². The van der Waals surface area contributed by atoms with Crippen LogP contribution in [0.2, 0.25) is 5.02 Å². The Balaban J connectivity index is 1.22. The number of likely N-dealkylation sites (N-methyl/N-ethyl adjacent to an activating group) is 1. The summed E-state index contributed by atoms with van der Waals surface area (Å²) >= 11 is 6.21. The molecular formula is C23H24ClN5O2. The first kappa shape index (κ1) is 19.9. The summed E-state index contributed by atoms with van der Waals surface area (Å²) in [5, 5.41) is 10.8. The molecule has 3 aromatic rings. The van der Waals surface area contributed by atoms with Gasteiger partial charge in [0.25, 0.3) is 0 Å². The fraction of sp³-hybridized carbons (Fsp3) is 0.304. The second-order valence-corrected chi connectivity index (χ2v) is 8.51. The number of fused-ring (bicyclic) bond motifs is 1. The number of para-hydroxylation sites is 1. The highest BCUT2D eigenvalue weighted by Crippen LogP contribution is 2.37. The number of carbonyl (C=O) groups excluding carboxylic acids is 1. The van der Waals surface area contributed by atoms with E-state index in [9.17, 15) is 4.79 Å². The zero-order valence-electron chi connectivity index (χ0n) is 17.2. The fourth-order valence-electron chi connectivity index (χ4n) is 4.19. The van der Waals surface area contributed by atoms with Crippen molar-refractivity contribution >= 4 is 23.4 Å². The Morgan fingerprint density at radius 1 is 1.16 bits per heavy atom. The van der Waals surface area contributed by atoms with Gasteiger partial charge >= 0.3 is 6.03 Å². The molecule has 31 heavy (non-hydrogen) atoms. The summed E-state index contributed by atoms with van der Waals surface area (Å²) in [7, 11) is 2.13. The Hall–Kier alpha value is -3.03. The van der Waals surface area contributed by atoms with E-state index in [4.69, 9.17) is 16.3 Å². The molecule has 2 aliphatic rings. The van der Waals surface area contributed by atoms with Gasteiger partial charge in [-0.1, -0.05) is 35.9 Å². The van der Waals surface area contributed by atoms with Crippen molar-refractivity contribution in [2.45, 2.75) is 18.4 Å². The lowest BCUT2D eigenvalue weighted by atomic mass is 9.92. The molecule has 0 aliphatic carbocycles. The van der Waals surface area contributed by atoms with Crippen molar-refractivity contribution < 1.29 is 9.53 Å². The fourth-order valence-corrected chi connectivity index (χ4v) is 4.43. The minimum Gasteiger partial charge on any atom is -0.492 e. The van der Waals surface area contributed by atoms with E-state index >= 15 is 0 Å². The maximum Gasteiger partial charge on any atom is 0.320 e. The van der Waals surface area contributed by atoms with Crippen molar-refractivity contribution in [3.8, 4) is 11.4 Å². The summed E-state index contributed by atoms with van der Waals surface area (Å²) in [6.45, 7) is 2.71. The topological polar surface area (TPSA) is 71.4 Å². The number of amides is 2. The number of aromatic nitrogens is 2. The van der Waals surface area contributed by atoms with Crippen LogP contribution in [-0.2, 0) is 0 Å². The Morgan fingerprint density at radius 3 is 2.74 bits per heavy atom. The molecule has 2 aromatic carbocycles. The van der Waals surface area contributed by atoms with Crippen LogP contribution in [0.1, 0.15) is 29.5 Å². The van der Waals surface area contributed by atoms with Gasteiger partial charge in [-0.15, -0.1) is 5.10 Å². The van der Waals surface area contributed by atoms with Gasteiger partial charge in [-0.25, -0.2) is 9.48 Å². The third-order valence-corrected chi connectivity index (χ3v) is 6.15. The molecule has 0 spiro atoms. The second-order valence-electron chi connectivity index (χ2n) is 8.10. The van der Waals surface area contributed by atoms with Crippen LogP contribution >= 0.6 is 11.6 Å². The molecule has 3 heterocycles. The summed E-state index contributed by atoms with van der Waals surface area (Å²) in [6, 6.07) is 15.3. The molecule has 0 saturated carbocycles. The summed E-state index contributed by atoms with van der Waals surface area (Å²) in [5.41, 5.74) is 3.19. The molecule has 1 fully saturated rings. The second kappa shape index (κ2) is 8.24. The van der Waals surface area contributed by atoms with E-state index in [1.165, 1.54) is 5.56 Å². The molecule has 2 N–H and O–H groups in total. The van der Waals surface area contributed by atoms with Gasteiger partial charge in [0, 0.05) is 43.3 Å². The van der Waals surface area contributed by atoms with Gasteiger partial charge in [-0.05, 0) is 30.8 Å². The average Bonchev–Trinajstić information content (AvgIpc) is 3.21. The smallest absolute Gasteiger partial charge is 0.320 e. The molecule has 1 saturated heterocycles. The molecule has 2 aliphatic heterocycles. The van der Waals surface area contributed by atoms with E-state index in [-0.39, 0.29) is 12.1 Å². The van der Waals surface area contributed by atoms with E-state index in [2.05, 4.69) is 51.9 Å². The van der Waals surface area contributed by atoms with E-state index in [1.54, 1.807) is 16.8 Å². The minimum atomic E-state index is -0.312. The van der Waals surface area contributed by atoms with E-state index in [0.29, 0.717) is 35.5 Å². The van der Waals surface area contributed by atoms with Gasteiger partial charge in [0.15, 0.2) is 5.82 Å². The van der Waals surface area contributed by atoms with Crippen molar-refractivity contribution in [1.82, 2.24) is 20.0 Å². The molecular weight excluding hydrogens is 414 g/mol. The van der Waals surface area contributed by atoms with E-state index < -0.39 is 0 Å². The monoisotopic (exact) mass is 437 g/mol. The summed E-state index contributed by atoms with van der Waals surface area (Å²) < 4.78 is 7.41. The van der Waals surface area contributed by atoms with Crippen LogP contribution in [0.5, 0.6) is 5.75 Å². The Labute approximate surface area is 185 Å². The summed E-state index contributed by atoms with van der Waals surface area (Å²) in [4.78, 5) is 14.9. The summed E-state index contributed by atoms with van der Waals surface area (Å²) in [6.07, 6.45) is 2.52. The first-order valence-corrected chi connectivity index (χ1v) is 10.8. The maximum absolute atomic E-state index is 12.6. The number of hydrogen-bond donors (Lipinski definition) is 2. The van der Waals surface area contributed by atoms with Crippen LogP contribution in [0.25, 0.3) is 5.69 Å². The molecule has 0 radical (unpaired) electrons. The Morgan fingerprint density at radius 2 is 1.97 bits per heavy atom. The number of halogens is 1. The number of benzene rings is 2. The van der Waals surface area contributed by atoms with Gasteiger partial charge in [0.05, 0.1) is 23.4 Å². The van der Waals surface area contributed by atoms with Crippen LogP contribution < -0.4 is 15.4 Å². The third-order valence-electron chi connectivity index (χ3n) is 5.85. The van der Waals surface area contributed by atoms with Crippen LogP contribution in [0, 0.1) is 0 Å². The Kier molecular flexibility index (Phi) is 5.29. The standard InChI is InChI=1S/C23H24ClN5O2/c1-28-13-16(14-28)15-5-7-17(8-6-15)29-11-9-21(27-29)26-23(30)25-20-10-12-31-22-18(20)3-2-4-19(22)24/h2-9,11,16,20H,10,12-14H2,1H3,(H2,25,26,27,30)/t20-/m0/s1. The third kappa shape index (κ3) is 4.11. The van der Waals surface area contributed by atoms with Gasteiger partial charge < -0.3 is 15.0 Å². The minimum absolute atomic E-state index is 0.164. The number of hydrogen-bond acceptors (Lipinski definition) is 4. The van der Waals surface area contributed by atoms with Crippen molar-refractivity contribution in [1.29, 1.82) is 0 Å². The molecule has 0 unspecified atom stereocenters. The lowest BCUT2D eigenvalue weighted by Gasteiger charge is -2.36. The predicted octanol–water partition coefficient (Wildman–Crippen LogP) is 4.20. The van der Waals surface area contributed by atoms with E-state index in [1.807, 2.05) is 18.3 Å². The van der Waals surface area contributed by atoms with Crippen LogP contribution in [0.4, 0.5) is 10.6 Å². The number of nitrogens with zero attached hydrogens (tertiary/aromatic N) is 3. The van der Waals surface area contributed by atoms with E-state index in [0.717, 1.165) is 24.3 Å². The molecule has 1 atom stereocenters. The Bertz CT molecular complexity index is 1090. The zero-order chi connectivity index (χ0) is 21.4. The first-order valence-electron chi connectivity index (χ1n) is 10.4. The highest BCUT2D eigenvalue weighted by atomic mass is 35.5. The number of anilines is 1. The average molecular weight is 438 g/mol. The summed E-state index contributed by atoms with van der Waals surface area (Å²) in [5.74, 6) is 1.74. The molecule has 7 nitrogen and oxygen atoms in total. The number of nitrogens with one attached hydrogen (secondary N) is 2. The molecule has 160 valence electrons. The number of urea groups is 1. The number of rotatable bonds is 4. The van der Waals surface area contributed by atoms with Gasteiger partial charge in [-0.3, -0.25) is 5.32 Å². The first-order chi connectivity index (χ1) is 15.1. The number of carbonyl (C=O) groups is 1. The highest BCUT2D eigenvalue weighted by Gasteiger charge is 2.25. The SMILES string of the molecule is CN1CC(c2ccc(-n3ccc(NC(=O)N[C@H]4CCOc5c(Cl)cccc54)n3)cc2)C1. The quantitative estimate of drug-likeness (QED) is 0.641. The largest absolute Gasteiger partial charge is 0.492 e. The van der Waals surface area contributed by atoms with Crippen molar-refractivity contribution in [3.63, 3.8) is 0 Å². The van der Waals surface area contributed by atoms with Crippen molar-refractivity contribution in [3.05, 3.63) is 70.9 Å². The van der Waals surface area contributed by atoms with Crippen LogP contribution in [0.3, 0.4) is 0 Å². The van der Waals surface area contributed by atoms with Crippen molar-refractivity contribution in [2.24, 2.45) is 0 Å². The molecule has 2 amide bonds. The zero-order valence-corrected chi connectivity index (χ0v) is 18.0. The van der Waals surface area contributed by atoms with Gasteiger partial charge in [-0.2, -0.15) is 0 Å². The predicted molar refractivity (Wildman–Crippen MR) is 120 cm³/mol. The van der Waals surface area contributed by atoms with Gasteiger partial charge in [0.2, 0.25) is 0 Å². The normalized spacial score (nSPS) is 18.6.